The van der Waals surface area contributed by atoms with Gasteiger partial charge < -0.3 is 10.2 Å². The van der Waals surface area contributed by atoms with E-state index in [-0.39, 0.29) is 5.91 Å². The quantitative estimate of drug-likeness (QED) is 0.926. The highest BCUT2D eigenvalue weighted by Crippen LogP contribution is 2.14. The molecule has 1 amide bonds. The van der Waals surface area contributed by atoms with Gasteiger partial charge in [-0.25, -0.2) is 0 Å². The maximum atomic E-state index is 12.2. The lowest BCUT2D eigenvalue weighted by atomic mass is 10.1. The number of nitrogens with one attached hydrogen (secondary N) is 1. The molecule has 2 atom stereocenters. The van der Waals surface area contributed by atoms with Crippen molar-refractivity contribution < 1.29 is 4.79 Å². The van der Waals surface area contributed by atoms with Crippen LogP contribution in [0.3, 0.4) is 0 Å². The number of carbonyl (C=O) groups excluding carboxylic acids is 1. The number of rotatable bonds is 3. The molecule has 104 valence electrons. The molecule has 19 heavy (non-hydrogen) atoms. The summed E-state index contributed by atoms with van der Waals surface area (Å²) in [6, 6.07) is 8.94. The summed E-state index contributed by atoms with van der Waals surface area (Å²) in [6.45, 7) is 5.90. The molecule has 0 spiro atoms. The van der Waals surface area contributed by atoms with Gasteiger partial charge in [0.05, 0.1) is 0 Å². The fourth-order valence-corrected chi connectivity index (χ4v) is 3.08. The molecule has 2 unspecified atom stereocenters. The molecule has 1 aromatic rings. The van der Waals surface area contributed by atoms with Crippen molar-refractivity contribution in [2.24, 2.45) is 0 Å². The van der Waals surface area contributed by atoms with Crippen molar-refractivity contribution in [3.8, 4) is 0 Å². The van der Waals surface area contributed by atoms with Gasteiger partial charge in [0.2, 0.25) is 5.91 Å². The Kier molecular flexibility index (Phi) is 4.99. The van der Waals surface area contributed by atoms with E-state index in [0.29, 0.717) is 18.5 Å². The molecule has 0 bridgehead atoms. The summed E-state index contributed by atoms with van der Waals surface area (Å²) >= 11 is 3.46. The number of carbonyl (C=O) groups is 1. The number of piperazine rings is 1. The van der Waals surface area contributed by atoms with E-state index in [1.807, 2.05) is 17.0 Å². The molecular weight excluding hydrogens is 304 g/mol. The number of hydrogen-bond donors (Lipinski definition) is 1. The molecule has 1 aliphatic heterocycles. The highest BCUT2D eigenvalue weighted by atomic mass is 79.9. The van der Waals surface area contributed by atoms with Crippen molar-refractivity contribution in [1.29, 1.82) is 0 Å². The Labute approximate surface area is 123 Å². The molecule has 0 aliphatic carbocycles. The highest BCUT2D eigenvalue weighted by Gasteiger charge is 2.24. The topological polar surface area (TPSA) is 32.3 Å². The SMILES string of the molecule is CC1CN(C(=O)CCc2cccc(Br)c2)CC(C)N1. The van der Waals surface area contributed by atoms with Crippen molar-refractivity contribution >= 4 is 21.8 Å². The molecule has 0 aromatic heterocycles. The second-order valence-electron chi connectivity index (χ2n) is 5.40. The van der Waals surface area contributed by atoms with Crippen LogP contribution in [0.15, 0.2) is 28.7 Å². The number of hydrogen-bond acceptors (Lipinski definition) is 2. The zero-order valence-corrected chi connectivity index (χ0v) is 13.1. The summed E-state index contributed by atoms with van der Waals surface area (Å²) in [5, 5.41) is 3.45. The smallest absolute Gasteiger partial charge is 0.223 e. The molecule has 4 heteroatoms. The van der Waals surface area contributed by atoms with Crippen molar-refractivity contribution in [3.63, 3.8) is 0 Å². The van der Waals surface area contributed by atoms with E-state index in [1.54, 1.807) is 0 Å². The van der Waals surface area contributed by atoms with Gasteiger partial charge in [0.25, 0.3) is 0 Å². The van der Waals surface area contributed by atoms with Crippen molar-refractivity contribution in [1.82, 2.24) is 10.2 Å². The van der Waals surface area contributed by atoms with Gasteiger partial charge in [-0.1, -0.05) is 28.1 Å². The predicted molar refractivity (Wildman–Crippen MR) is 81.1 cm³/mol. The monoisotopic (exact) mass is 324 g/mol. The molecule has 0 saturated carbocycles. The van der Waals surface area contributed by atoms with Gasteiger partial charge in [-0.2, -0.15) is 0 Å². The fraction of sp³-hybridized carbons (Fsp3) is 0.533. The lowest BCUT2D eigenvalue weighted by Gasteiger charge is -2.36. The molecule has 1 aromatic carbocycles. The van der Waals surface area contributed by atoms with Crippen LogP contribution in [-0.4, -0.2) is 36.0 Å². The van der Waals surface area contributed by atoms with Gasteiger partial charge >= 0.3 is 0 Å². The first-order chi connectivity index (χ1) is 9.04. The first-order valence-corrected chi connectivity index (χ1v) is 7.62. The Bertz CT molecular complexity index is 440. The summed E-state index contributed by atoms with van der Waals surface area (Å²) in [6.07, 6.45) is 1.40. The Balaban J connectivity index is 1.87. The third kappa shape index (κ3) is 4.32. The van der Waals surface area contributed by atoms with Crippen LogP contribution in [0, 0.1) is 0 Å². The summed E-state index contributed by atoms with van der Waals surface area (Å²) in [4.78, 5) is 14.2. The first-order valence-electron chi connectivity index (χ1n) is 6.83. The van der Waals surface area contributed by atoms with Crippen LogP contribution >= 0.6 is 15.9 Å². The lowest BCUT2D eigenvalue weighted by Crippen LogP contribution is -2.55. The zero-order chi connectivity index (χ0) is 13.8. The minimum Gasteiger partial charge on any atom is -0.340 e. The Morgan fingerprint density at radius 3 is 2.68 bits per heavy atom. The van der Waals surface area contributed by atoms with Gasteiger partial charge in [-0.05, 0) is 38.0 Å². The first kappa shape index (κ1) is 14.5. The normalized spacial score (nSPS) is 23.4. The van der Waals surface area contributed by atoms with Crippen LogP contribution < -0.4 is 5.32 Å². The Morgan fingerprint density at radius 1 is 1.37 bits per heavy atom. The fourth-order valence-electron chi connectivity index (χ4n) is 2.63. The molecule has 1 N–H and O–H groups in total. The minimum atomic E-state index is 0.264. The van der Waals surface area contributed by atoms with Crippen molar-refractivity contribution in [2.75, 3.05) is 13.1 Å². The molecular formula is C15H21BrN2O. The standard InChI is InChI=1S/C15H21BrN2O/c1-11-9-18(10-12(2)17-11)15(19)7-6-13-4-3-5-14(16)8-13/h3-5,8,11-12,17H,6-7,9-10H2,1-2H3. The molecule has 3 nitrogen and oxygen atoms in total. The minimum absolute atomic E-state index is 0.264. The molecule has 1 aliphatic rings. The van der Waals surface area contributed by atoms with Crippen LogP contribution in [0.2, 0.25) is 0 Å². The number of benzene rings is 1. The summed E-state index contributed by atoms with van der Waals surface area (Å²) in [7, 11) is 0. The molecule has 2 rings (SSSR count). The maximum absolute atomic E-state index is 12.2. The van der Waals surface area contributed by atoms with Crippen LogP contribution in [0.5, 0.6) is 0 Å². The summed E-state index contributed by atoms with van der Waals surface area (Å²) in [5.74, 6) is 0.264. The average Bonchev–Trinajstić information content (AvgIpc) is 2.35. The molecule has 0 radical (unpaired) electrons. The lowest BCUT2D eigenvalue weighted by molar-refractivity contribution is -0.132. The Hall–Kier alpha value is -0.870. The van der Waals surface area contributed by atoms with Crippen LogP contribution in [-0.2, 0) is 11.2 Å². The van der Waals surface area contributed by atoms with E-state index >= 15 is 0 Å². The molecule has 1 fully saturated rings. The third-order valence-electron chi connectivity index (χ3n) is 3.43. The van der Waals surface area contributed by atoms with E-state index in [4.69, 9.17) is 0 Å². The van der Waals surface area contributed by atoms with Crippen molar-refractivity contribution in [3.05, 3.63) is 34.3 Å². The van der Waals surface area contributed by atoms with E-state index in [2.05, 4.69) is 47.2 Å². The second kappa shape index (κ2) is 6.53. The molecule has 1 saturated heterocycles. The van der Waals surface area contributed by atoms with Gasteiger partial charge in [0.1, 0.15) is 0 Å². The van der Waals surface area contributed by atoms with Crippen LogP contribution in [0.25, 0.3) is 0 Å². The second-order valence-corrected chi connectivity index (χ2v) is 6.31. The van der Waals surface area contributed by atoms with Gasteiger partial charge in [0.15, 0.2) is 0 Å². The van der Waals surface area contributed by atoms with E-state index < -0.39 is 0 Å². The van der Waals surface area contributed by atoms with E-state index in [9.17, 15) is 4.79 Å². The number of nitrogens with zero attached hydrogens (tertiary/aromatic N) is 1. The average molecular weight is 325 g/mol. The predicted octanol–water partition coefficient (Wildman–Crippen LogP) is 2.59. The van der Waals surface area contributed by atoms with E-state index in [0.717, 1.165) is 24.0 Å². The summed E-state index contributed by atoms with van der Waals surface area (Å²) in [5.41, 5.74) is 1.21. The Morgan fingerprint density at radius 2 is 2.05 bits per heavy atom. The molecule has 1 heterocycles. The number of halogens is 1. The van der Waals surface area contributed by atoms with Gasteiger partial charge in [-0.3, -0.25) is 4.79 Å². The largest absolute Gasteiger partial charge is 0.340 e. The van der Waals surface area contributed by atoms with Crippen LogP contribution in [0.4, 0.5) is 0 Å². The zero-order valence-electron chi connectivity index (χ0n) is 11.5. The highest BCUT2D eigenvalue weighted by molar-refractivity contribution is 9.10. The number of aryl methyl sites for hydroxylation is 1. The number of amides is 1. The van der Waals surface area contributed by atoms with Gasteiger partial charge in [-0.15, -0.1) is 0 Å². The van der Waals surface area contributed by atoms with Crippen LogP contribution in [0.1, 0.15) is 25.8 Å². The maximum Gasteiger partial charge on any atom is 0.223 e. The van der Waals surface area contributed by atoms with E-state index in [1.165, 1.54) is 5.56 Å². The van der Waals surface area contributed by atoms with Gasteiger partial charge in [0, 0.05) is 36.1 Å². The summed E-state index contributed by atoms with van der Waals surface area (Å²) < 4.78 is 1.07. The van der Waals surface area contributed by atoms with Crippen molar-refractivity contribution in [2.45, 2.75) is 38.8 Å². The third-order valence-corrected chi connectivity index (χ3v) is 3.92.